The van der Waals surface area contributed by atoms with Crippen molar-refractivity contribution in [3.63, 3.8) is 0 Å². The van der Waals surface area contributed by atoms with E-state index in [4.69, 9.17) is 17.0 Å². The largest absolute Gasteiger partial charge is 3.00 e. The van der Waals surface area contributed by atoms with E-state index in [1.165, 1.54) is 51.9 Å². The van der Waals surface area contributed by atoms with Crippen molar-refractivity contribution in [3.8, 4) is 0 Å². The fourth-order valence-corrected chi connectivity index (χ4v) is 4.57. The van der Waals surface area contributed by atoms with Gasteiger partial charge in [-0.25, -0.2) is 17.7 Å². The van der Waals surface area contributed by atoms with Crippen LogP contribution in [0.3, 0.4) is 0 Å². The Balaban J connectivity index is -0.0000000812. The molecule has 235 valence electrons. The zero-order valence-electron chi connectivity index (χ0n) is 28.4. The second-order valence-electron chi connectivity index (χ2n) is 10.1. The number of allylic oxidation sites excluding steroid dienone is 16. The number of halogens is 4. The molecular formula is C35H54Cl4Zr2-5. The summed E-state index contributed by atoms with van der Waals surface area (Å²) in [5.74, 6) is 0. The molecule has 0 bridgehead atoms. The fraction of sp³-hybridized carbons (Fsp3) is 0.429. The maximum absolute atomic E-state index is 4.93. The Morgan fingerprint density at radius 2 is 1.05 bits per heavy atom. The van der Waals surface area contributed by atoms with Crippen LogP contribution in [0.1, 0.15) is 95.4 Å². The molecule has 0 saturated carbocycles. The van der Waals surface area contributed by atoms with Crippen LogP contribution in [0.25, 0.3) is 0 Å². The second-order valence-corrected chi connectivity index (χ2v) is 13.8. The Morgan fingerprint density at radius 1 is 0.683 bits per heavy atom. The maximum atomic E-state index is 4.93. The first-order valence-electron chi connectivity index (χ1n) is 12.0. The van der Waals surface area contributed by atoms with Gasteiger partial charge in [-0.1, -0.05) is 44.3 Å². The van der Waals surface area contributed by atoms with Crippen molar-refractivity contribution in [3.05, 3.63) is 121 Å². The smallest absolute Gasteiger partial charge is 3.00 e. The van der Waals surface area contributed by atoms with Crippen molar-refractivity contribution < 1.29 is 71.9 Å². The summed E-state index contributed by atoms with van der Waals surface area (Å²) >= 11 is -0.826. The maximum Gasteiger partial charge on any atom is 3.00 e. The summed E-state index contributed by atoms with van der Waals surface area (Å²) in [6.07, 6.45) is 15.8. The standard InChI is InChI=1S/C16H22.C10H15.C5H5.4CH3.4ClH.2Zr/c1-9-7-15(13(5)11(9)3)16-8-10(2)12(4)14(16)6;1-7-6-10(4,5)9(3)8(7)2;1-2-4-5-3-1;;;;;;;;;;/h7-8H2,1-6H3;1-5H3;1-3H,4H2;4*1H3;4*1H;;/q;6*-1;;;;;+2;+3/p-4. The second kappa shape index (κ2) is 27.2. The minimum absolute atomic E-state index is 0. The molecule has 0 aromatic heterocycles. The number of rotatable bonds is 1. The predicted octanol–water partition coefficient (Wildman–Crippen LogP) is 6.70. The molecule has 0 N–H and O–H groups in total. The van der Waals surface area contributed by atoms with Crippen LogP contribution in [-0.4, -0.2) is 0 Å². The molecule has 0 amide bonds. The van der Waals surface area contributed by atoms with Crippen molar-refractivity contribution in [2.45, 2.75) is 95.4 Å². The average molecular weight is 799 g/mol. The van der Waals surface area contributed by atoms with E-state index in [0.717, 1.165) is 6.42 Å². The molecule has 4 aliphatic carbocycles. The van der Waals surface area contributed by atoms with E-state index in [9.17, 15) is 0 Å². The van der Waals surface area contributed by atoms with Gasteiger partial charge in [0.15, 0.2) is 0 Å². The van der Waals surface area contributed by atoms with Gasteiger partial charge >= 0.3 is 64.1 Å². The van der Waals surface area contributed by atoms with Gasteiger partial charge in [0.1, 0.15) is 0 Å². The molecule has 0 fully saturated rings. The van der Waals surface area contributed by atoms with Gasteiger partial charge in [0.05, 0.1) is 0 Å². The fourth-order valence-electron chi connectivity index (χ4n) is 4.57. The Kier molecular flexibility index (Phi) is 38.1. The summed E-state index contributed by atoms with van der Waals surface area (Å²) in [5, 5.41) is 0. The van der Waals surface area contributed by atoms with Gasteiger partial charge in [0.2, 0.25) is 0 Å². The van der Waals surface area contributed by atoms with Gasteiger partial charge in [-0.05, 0) is 87.8 Å². The van der Waals surface area contributed by atoms with Crippen LogP contribution >= 0.6 is 17.0 Å². The summed E-state index contributed by atoms with van der Waals surface area (Å²) < 4.78 is 0. The normalized spacial score (nSPS) is 16.9. The van der Waals surface area contributed by atoms with Crippen LogP contribution < -0.4 is 24.8 Å². The Morgan fingerprint density at radius 3 is 1.17 bits per heavy atom. The van der Waals surface area contributed by atoms with Crippen LogP contribution in [0.4, 0.5) is 0 Å². The molecule has 0 heterocycles. The minimum atomic E-state index is -0.826. The molecule has 0 atom stereocenters. The molecule has 0 nitrogen and oxygen atoms in total. The molecule has 0 unspecified atom stereocenters. The summed E-state index contributed by atoms with van der Waals surface area (Å²) in [6, 6.07) is 0. The van der Waals surface area contributed by atoms with Crippen molar-refractivity contribution in [2.75, 3.05) is 0 Å². The van der Waals surface area contributed by atoms with E-state index < -0.39 is 20.8 Å². The Hall–Kier alpha value is 0.846. The summed E-state index contributed by atoms with van der Waals surface area (Å²) in [6.45, 7) is 24.5. The first kappa shape index (κ1) is 57.5. The summed E-state index contributed by atoms with van der Waals surface area (Å²) in [4.78, 5) is 0. The van der Waals surface area contributed by atoms with E-state index in [1.54, 1.807) is 22.3 Å². The minimum Gasteiger partial charge on any atom is 3.00 e. The first-order chi connectivity index (χ1) is 15.8. The summed E-state index contributed by atoms with van der Waals surface area (Å²) in [7, 11) is 9.87. The zero-order chi connectivity index (χ0) is 26.2. The van der Waals surface area contributed by atoms with Crippen LogP contribution in [-0.2, 0) is 47.1 Å². The zero-order valence-corrected chi connectivity index (χ0v) is 36.3. The molecule has 0 saturated heterocycles. The van der Waals surface area contributed by atoms with Crippen molar-refractivity contribution in [1.29, 1.82) is 0 Å². The van der Waals surface area contributed by atoms with Gasteiger partial charge in [-0.2, -0.15) is 17.2 Å². The number of hydrogen-bond donors (Lipinski definition) is 0. The van der Waals surface area contributed by atoms with Gasteiger partial charge in [0.25, 0.3) is 0 Å². The van der Waals surface area contributed by atoms with E-state index in [2.05, 4.69) is 94.4 Å². The quantitative estimate of drug-likeness (QED) is 0.260. The van der Waals surface area contributed by atoms with Gasteiger partial charge in [-0.3, -0.25) is 12.2 Å². The third kappa shape index (κ3) is 16.6. The molecule has 41 heavy (non-hydrogen) atoms. The van der Waals surface area contributed by atoms with Crippen molar-refractivity contribution >= 4 is 17.0 Å². The molecule has 4 aliphatic rings. The Labute approximate surface area is 308 Å². The third-order valence-corrected chi connectivity index (χ3v) is 7.71. The average Bonchev–Trinajstić information content (AvgIpc) is 3.53. The van der Waals surface area contributed by atoms with Crippen molar-refractivity contribution in [2.24, 2.45) is 5.41 Å². The molecule has 0 aliphatic heterocycles. The van der Waals surface area contributed by atoms with Crippen LogP contribution in [0.2, 0.25) is 0 Å². The van der Waals surface area contributed by atoms with Crippen LogP contribution in [0.15, 0.2) is 79.5 Å². The molecular weight excluding hydrogens is 745 g/mol. The van der Waals surface area contributed by atoms with Crippen LogP contribution in [0, 0.1) is 47.3 Å². The molecule has 6 heteroatoms. The molecule has 1 radical (unpaired) electrons. The van der Waals surface area contributed by atoms with E-state index in [0.29, 0.717) is 0 Å². The van der Waals surface area contributed by atoms with Gasteiger partial charge in [-0.15, -0.1) is 13.3 Å². The first-order valence-corrected chi connectivity index (χ1v) is 18.3. The third-order valence-electron chi connectivity index (χ3n) is 7.71. The molecule has 0 aromatic carbocycles. The topological polar surface area (TPSA) is 0 Å². The monoisotopic (exact) mass is 794 g/mol. The SMILES string of the molecule is CC1=C(C)C(C)=C(C2=C(C)C(C)=C(C)C2)C1.CC1=[C-]C(C)(C)C(C)=C1C.[C-]1=CC=CC1.[CH3-].[CH3-].[CH3-].[CH3-].[Cl-].[Cl-].[Cl][Zr][Cl].[Zr+3]. The van der Waals surface area contributed by atoms with E-state index >= 15 is 0 Å². The van der Waals surface area contributed by atoms with E-state index in [1.807, 2.05) is 12.2 Å². The Bertz CT molecular complexity index is 974. The predicted molar refractivity (Wildman–Crippen MR) is 175 cm³/mol. The molecule has 4 rings (SSSR count). The van der Waals surface area contributed by atoms with E-state index in [-0.39, 0.29) is 86.1 Å². The molecule has 0 spiro atoms. The molecule has 0 aromatic rings. The van der Waals surface area contributed by atoms with Crippen molar-refractivity contribution in [1.82, 2.24) is 0 Å². The van der Waals surface area contributed by atoms with Gasteiger partial charge < -0.3 is 54.5 Å². The van der Waals surface area contributed by atoms with Gasteiger partial charge in [0, 0.05) is 0 Å². The van der Waals surface area contributed by atoms with Crippen LogP contribution in [0.5, 0.6) is 0 Å². The summed E-state index contributed by atoms with van der Waals surface area (Å²) in [5.41, 5.74) is 16.8. The number of hydrogen-bond acceptors (Lipinski definition) is 0.